The molecule has 1 rings (SSSR count). The van der Waals surface area contributed by atoms with Gasteiger partial charge in [0, 0.05) is 11.5 Å². The average molecular weight is 372 g/mol. The molecule has 25 heavy (non-hydrogen) atoms. The molecule has 8 nitrogen and oxygen atoms in total. The van der Waals surface area contributed by atoms with E-state index in [0.717, 1.165) is 5.56 Å². The summed E-state index contributed by atoms with van der Waals surface area (Å²) in [5.41, 5.74) is 6.48. The van der Waals surface area contributed by atoms with E-state index in [0.29, 0.717) is 23.0 Å². The Morgan fingerprint density at radius 3 is 2.40 bits per heavy atom. The van der Waals surface area contributed by atoms with Gasteiger partial charge in [0.2, 0.25) is 11.7 Å². The lowest BCUT2D eigenvalue weighted by Gasteiger charge is -2.10. The Morgan fingerprint density at radius 2 is 1.92 bits per heavy atom. The first-order valence-corrected chi connectivity index (χ1v) is 8.31. The lowest BCUT2D eigenvalue weighted by molar-refractivity contribution is -0.122. The largest absolute Gasteiger partial charge is 0.502 e. The highest BCUT2D eigenvalue weighted by Crippen LogP contribution is 2.37. The Kier molecular flexibility index (Phi) is 11.9. The maximum Gasteiger partial charge on any atom is 0.239 e. The van der Waals surface area contributed by atoms with Crippen molar-refractivity contribution in [3.8, 4) is 17.2 Å². The first-order chi connectivity index (χ1) is 12.0. The van der Waals surface area contributed by atoms with Crippen molar-refractivity contribution in [2.45, 2.75) is 6.04 Å². The van der Waals surface area contributed by atoms with Gasteiger partial charge in [0.25, 0.3) is 0 Å². The van der Waals surface area contributed by atoms with Crippen molar-refractivity contribution in [3.05, 3.63) is 23.8 Å². The number of aliphatic hydroxyl groups is 1. The van der Waals surface area contributed by atoms with Crippen LogP contribution < -0.4 is 20.5 Å². The van der Waals surface area contributed by atoms with Crippen LogP contribution in [0.1, 0.15) is 5.56 Å². The predicted molar refractivity (Wildman–Crippen MR) is 97.9 cm³/mol. The maximum atomic E-state index is 11.3. The van der Waals surface area contributed by atoms with Crippen molar-refractivity contribution in [3.63, 3.8) is 0 Å². The molecule has 0 aliphatic heterocycles. The van der Waals surface area contributed by atoms with Gasteiger partial charge in [-0.1, -0.05) is 12.2 Å². The summed E-state index contributed by atoms with van der Waals surface area (Å²) < 4.78 is 10.2. The average Bonchev–Trinajstić information content (AvgIpc) is 2.64. The molecule has 0 radical (unpaired) electrons. The van der Waals surface area contributed by atoms with Crippen molar-refractivity contribution < 1.29 is 29.3 Å². The lowest BCUT2D eigenvalue weighted by atomic mass is 10.1. The SMILES string of the molecule is C=O.COc1cc(/C=C/CSCC(N)C(=O)NCO)cc(OC)c1O. The Morgan fingerprint density at radius 1 is 1.36 bits per heavy atom. The second-order valence-corrected chi connectivity index (χ2v) is 5.59. The summed E-state index contributed by atoms with van der Waals surface area (Å²) in [6.45, 7) is 1.58. The number of phenolic OH excluding ortho intramolecular Hbond substituents is 1. The number of hydrogen-bond acceptors (Lipinski definition) is 8. The van der Waals surface area contributed by atoms with Crippen molar-refractivity contribution in [2.75, 3.05) is 32.5 Å². The van der Waals surface area contributed by atoms with E-state index in [1.54, 1.807) is 12.1 Å². The summed E-state index contributed by atoms with van der Waals surface area (Å²) in [7, 11) is 2.94. The van der Waals surface area contributed by atoms with Gasteiger partial charge in [-0.25, -0.2) is 0 Å². The number of nitrogens with one attached hydrogen (secondary N) is 1. The molecular weight excluding hydrogens is 348 g/mol. The molecule has 0 saturated carbocycles. The van der Waals surface area contributed by atoms with Crippen LogP contribution >= 0.6 is 11.8 Å². The van der Waals surface area contributed by atoms with E-state index in [-0.39, 0.29) is 11.7 Å². The molecule has 0 heterocycles. The van der Waals surface area contributed by atoms with Gasteiger partial charge < -0.3 is 35.5 Å². The van der Waals surface area contributed by atoms with Crippen LogP contribution in [0.15, 0.2) is 18.2 Å². The number of rotatable bonds is 9. The van der Waals surface area contributed by atoms with Gasteiger partial charge in [0.1, 0.15) is 13.5 Å². The van der Waals surface area contributed by atoms with Crippen molar-refractivity contribution in [2.24, 2.45) is 5.73 Å². The molecule has 1 atom stereocenters. The Hall–Kier alpha value is -2.23. The van der Waals surface area contributed by atoms with E-state index < -0.39 is 12.8 Å². The molecule has 9 heteroatoms. The van der Waals surface area contributed by atoms with Crippen LogP contribution in [0.2, 0.25) is 0 Å². The Labute approximate surface area is 151 Å². The molecule has 0 aliphatic carbocycles. The monoisotopic (exact) mass is 372 g/mol. The number of thioether (sulfide) groups is 1. The molecular formula is C16H24N2O6S. The summed E-state index contributed by atoms with van der Waals surface area (Å²) in [4.78, 5) is 19.3. The number of hydrogen-bond donors (Lipinski definition) is 4. The Balaban J connectivity index is 0.00000277. The zero-order valence-corrected chi connectivity index (χ0v) is 15.0. The summed E-state index contributed by atoms with van der Waals surface area (Å²) in [5.74, 6) is 1.35. The van der Waals surface area contributed by atoms with Crippen LogP contribution in [0.3, 0.4) is 0 Å². The van der Waals surface area contributed by atoms with Crippen LogP contribution in [0.4, 0.5) is 0 Å². The van der Waals surface area contributed by atoms with Gasteiger partial charge in [-0.3, -0.25) is 4.79 Å². The third kappa shape index (κ3) is 7.92. The smallest absolute Gasteiger partial charge is 0.239 e. The van der Waals surface area contributed by atoms with E-state index in [2.05, 4.69) is 5.32 Å². The quantitative estimate of drug-likeness (QED) is 0.361. The van der Waals surface area contributed by atoms with E-state index in [1.165, 1.54) is 26.0 Å². The minimum absolute atomic E-state index is 0.0394. The second kappa shape index (κ2) is 13.1. The first kappa shape index (κ1) is 22.8. The summed E-state index contributed by atoms with van der Waals surface area (Å²) >= 11 is 1.49. The number of carbonyl (C=O) groups is 2. The number of nitrogens with two attached hydrogens (primary N) is 1. The fraction of sp³-hybridized carbons (Fsp3) is 0.375. The van der Waals surface area contributed by atoms with Crippen LogP contribution in [0.5, 0.6) is 17.2 Å². The molecule has 0 spiro atoms. The van der Waals surface area contributed by atoms with Crippen LogP contribution in [0, 0.1) is 0 Å². The van der Waals surface area contributed by atoms with E-state index in [9.17, 15) is 9.90 Å². The molecule has 0 aromatic heterocycles. The molecule has 0 bridgehead atoms. The number of amides is 1. The summed E-state index contributed by atoms with van der Waals surface area (Å²) in [6.07, 6.45) is 3.77. The number of ether oxygens (including phenoxy) is 2. The molecule has 1 amide bonds. The number of aliphatic hydroxyl groups excluding tert-OH is 1. The van der Waals surface area contributed by atoms with Crippen LogP contribution in [-0.4, -0.2) is 61.4 Å². The molecule has 1 aromatic carbocycles. The minimum Gasteiger partial charge on any atom is -0.502 e. The topological polar surface area (TPSA) is 131 Å². The molecule has 140 valence electrons. The van der Waals surface area contributed by atoms with Crippen molar-refractivity contribution in [1.82, 2.24) is 5.32 Å². The van der Waals surface area contributed by atoms with E-state index in [4.69, 9.17) is 25.1 Å². The molecule has 1 aromatic rings. The third-order valence-electron chi connectivity index (χ3n) is 2.91. The first-order valence-electron chi connectivity index (χ1n) is 7.15. The van der Waals surface area contributed by atoms with E-state index >= 15 is 0 Å². The number of phenols is 1. The zero-order valence-electron chi connectivity index (χ0n) is 14.2. The maximum absolute atomic E-state index is 11.3. The lowest BCUT2D eigenvalue weighted by Crippen LogP contribution is -2.42. The fourth-order valence-corrected chi connectivity index (χ4v) is 2.52. The zero-order chi connectivity index (χ0) is 19.2. The van der Waals surface area contributed by atoms with Gasteiger partial charge in [0.05, 0.1) is 20.3 Å². The van der Waals surface area contributed by atoms with Crippen molar-refractivity contribution in [1.29, 1.82) is 0 Å². The second-order valence-electron chi connectivity index (χ2n) is 4.52. The highest BCUT2D eigenvalue weighted by atomic mass is 32.2. The van der Waals surface area contributed by atoms with Gasteiger partial charge in [0.15, 0.2) is 11.5 Å². The summed E-state index contributed by atoms with van der Waals surface area (Å²) in [6, 6.07) is 2.73. The third-order valence-corrected chi connectivity index (χ3v) is 3.94. The van der Waals surface area contributed by atoms with Crippen LogP contribution in [-0.2, 0) is 9.59 Å². The van der Waals surface area contributed by atoms with Crippen LogP contribution in [0.25, 0.3) is 6.08 Å². The number of methoxy groups -OCH3 is 2. The fourth-order valence-electron chi connectivity index (χ4n) is 1.74. The standard InChI is InChI=1S/C15H22N2O5S.CH2O/c1-21-12-6-10(7-13(22-2)14(12)19)4-3-5-23-8-11(16)15(20)17-9-18;1-2/h3-4,6-7,11,18-19H,5,8-9,16H2,1-2H3,(H,17,20);1H2/b4-3+;. The molecule has 1 unspecified atom stereocenters. The van der Waals surface area contributed by atoms with Gasteiger partial charge >= 0.3 is 0 Å². The van der Waals surface area contributed by atoms with Gasteiger partial charge in [-0.15, -0.1) is 0 Å². The van der Waals surface area contributed by atoms with Crippen molar-refractivity contribution >= 4 is 30.5 Å². The molecule has 5 N–H and O–H groups in total. The Bertz CT molecular complexity index is 543. The summed E-state index contributed by atoms with van der Waals surface area (Å²) in [5, 5.41) is 20.7. The highest BCUT2D eigenvalue weighted by molar-refractivity contribution is 7.99. The highest BCUT2D eigenvalue weighted by Gasteiger charge is 2.12. The van der Waals surface area contributed by atoms with E-state index in [1.807, 2.05) is 18.9 Å². The molecule has 0 fully saturated rings. The number of aromatic hydroxyl groups is 1. The minimum atomic E-state index is -0.658. The number of benzene rings is 1. The molecule has 0 aliphatic rings. The van der Waals surface area contributed by atoms with Gasteiger partial charge in [-0.05, 0) is 17.7 Å². The normalized spacial score (nSPS) is 11.4. The number of carbonyl (C=O) groups excluding carboxylic acids is 2. The molecule has 0 saturated heterocycles. The predicted octanol–water partition coefficient (Wildman–Crippen LogP) is 0.364. The van der Waals surface area contributed by atoms with Gasteiger partial charge in [-0.2, -0.15) is 11.8 Å².